The number of ether oxygens (including phenoxy) is 1. The van der Waals surface area contributed by atoms with Crippen molar-refractivity contribution in [2.24, 2.45) is 0 Å². The fraction of sp³-hybridized carbons (Fsp3) is 0.417. The molecule has 0 fully saturated rings. The lowest BCUT2D eigenvalue weighted by Gasteiger charge is -2.20. The third kappa shape index (κ3) is 5.82. The average Bonchev–Trinajstić information content (AvgIpc) is 2.35. The van der Waals surface area contributed by atoms with Crippen LogP contribution < -0.4 is 10.5 Å². The number of carbonyl (C=O) groups excluding carboxylic acids is 1. The number of alkyl halides is 3. The summed E-state index contributed by atoms with van der Waals surface area (Å²) >= 11 is 0.781. The Labute approximate surface area is 122 Å². The summed E-state index contributed by atoms with van der Waals surface area (Å²) in [5, 5.41) is 19.4. The quantitative estimate of drug-likeness (QED) is 0.716. The summed E-state index contributed by atoms with van der Waals surface area (Å²) in [7, 11) is 0. The summed E-state index contributed by atoms with van der Waals surface area (Å²) in [4.78, 5) is 10.8. The van der Waals surface area contributed by atoms with Crippen LogP contribution >= 0.6 is 11.8 Å². The summed E-state index contributed by atoms with van der Waals surface area (Å²) in [6.07, 6.45) is -7.77. The van der Waals surface area contributed by atoms with E-state index in [1.807, 2.05) is 0 Å². The highest BCUT2D eigenvalue weighted by Gasteiger charge is 2.32. The molecule has 5 nitrogen and oxygen atoms in total. The zero-order valence-corrected chi connectivity index (χ0v) is 11.7. The molecule has 1 aromatic carbocycles. The van der Waals surface area contributed by atoms with Gasteiger partial charge in [-0.1, -0.05) is 11.8 Å². The fourth-order valence-corrected chi connectivity index (χ4v) is 2.10. The van der Waals surface area contributed by atoms with Crippen molar-refractivity contribution in [1.82, 2.24) is 0 Å². The number of hydrogen-bond donors (Lipinski definition) is 3. The van der Waals surface area contributed by atoms with E-state index in [0.29, 0.717) is 0 Å². The van der Waals surface area contributed by atoms with Crippen molar-refractivity contribution in [2.45, 2.75) is 25.5 Å². The highest BCUT2D eigenvalue weighted by molar-refractivity contribution is 8.13. The second-order valence-corrected chi connectivity index (χ2v) is 5.35. The van der Waals surface area contributed by atoms with Gasteiger partial charge in [0.05, 0.1) is 6.10 Å². The van der Waals surface area contributed by atoms with Gasteiger partial charge in [-0.05, 0) is 18.2 Å². The topological polar surface area (TPSA) is 92.8 Å². The number of aliphatic hydroxyl groups excluding tert-OH is 2. The predicted molar refractivity (Wildman–Crippen MR) is 71.6 cm³/mol. The number of nitrogen functional groups attached to an aromatic ring is 1. The molecule has 0 saturated heterocycles. The summed E-state index contributed by atoms with van der Waals surface area (Å²) in [5.41, 5.74) is 5.47. The standard InChI is InChI=1S/C12H14F3NO4S/c1-6(17)21-5-10(18)11(19)8-4-7(2-3-9(8)16)20-12(13,14)15/h2-4,10-11,18-19H,5,16H2,1H3. The lowest BCUT2D eigenvalue weighted by molar-refractivity contribution is -0.274. The first-order valence-corrected chi connectivity index (χ1v) is 6.73. The molecule has 0 aromatic heterocycles. The molecule has 0 spiro atoms. The first-order valence-electron chi connectivity index (χ1n) is 5.75. The highest BCUT2D eigenvalue weighted by atomic mass is 32.2. The summed E-state index contributed by atoms with van der Waals surface area (Å²) in [6, 6.07) is 3.02. The van der Waals surface area contributed by atoms with Gasteiger partial charge in [-0.25, -0.2) is 0 Å². The van der Waals surface area contributed by atoms with Gasteiger partial charge in [-0.2, -0.15) is 0 Å². The van der Waals surface area contributed by atoms with Crippen LogP contribution in [0.3, 0.4) is 0 Å². The minimum Gasteiger partial charge on any atom is -0.406 e. The second-order valence-electron chi connectivity index (χ2n) is 4.15. The molecule has 0 aliphatic rings. The summed E-state index contributed by atoms with van der Waals surface area (Å²) in [6.45, 7) is 1.29. The maximum Gasteiger partial charge on any atom is 0.573 e. The van der Waals surface area contributed by atoms with Crippen LogP contribution in [0.1, 0.15) is 18.6 Å². The molecule has 1 rings (SSSR count). The molecule has 2 unspecified atom stereocenters. The third-order valence-electron chi connectivity index (χ3n) is 2.43. The van der Waals surface area contributed by atoms with Crippen molar-refractivity contribution < 1.29 is 32.9 Å². The number of benzene rings is 1. The molecule has 0 radical (unpaired) electrons. The summed E-state index contributed by atoms with van der Waals surface area (Å²) < 4.78 is 40.1. The number of hydrogen-bond acceptors (Lipinski definition) is 6. The van der Waals surface area contributed by atoms with Crippen LogP contribution in [0.25, 0.3) is 0 Å². The van der Waals surface area contributed by atoms with Crippen LogP contribution in [0, 0.1) is 0 Å². The molecule has 0 aliphatic heterocycles. The van der Waals surface area contributed by atoms with E-state index in [4.69, 9.17) is 5.73 Å². The van der Waals surface area contributed by atoms with Crippen LogP contribution in [0.4, 0.5) is 18.9 Å². The fourth-order valence-electron chi connectivity index (χ4n) is 1.51. The van der Waals surface area contributed by atoms with Gasteiger partial charge >= 0.3 is 6.36 Å². The number of thioether (sulfide) groups is 1. The molecule has 4 N–H and O–H groups in total. The number of nitrogens with two attached hydrogens (primary N) is 1. The molecule has 2 atom stereocenters. The van der Waals surface area contributed by atoms with Gasteiger partial charge in [0.1, 0.15) is 11.9 Å². The van der Waals surface area contributed by atoms with Gasteiger partial charge in [0.25, 0.3) is 0 Å². The van der Waals surface area contributed by atoms with E-state index in [1.54, 1.807) is 0 Å². The van der Waals surface area contributed by atoms with E-state index in [-0.39, 0.29) is 22.1 Å². The van der Waals surface area contributed by atoms with Crippen molar-refractivity contribution in [3.05, 3.63) is 23.8 Å². The van der Waals surface area contributed by atoms with Crippen molar-refractivity contribution in [1.29, 1.82) is 0 Å². The molecule has 0 saturated carbocycles. The third-order valence-corrected chi connectivity index (χ3v) is 3.35. The molecule has 118 valence electrons. The van der Waals surface area contributed by atoms with Gasteiger partial charge in [0.2, 0.25) is 0 Å². The summed E-state index contributed by atoms with van der Waals surface area (Å²) in [5.74, 6) is -0.669. The first-order chi connectivity index (χ1) is 9.60. The zero-order chi connectivity index (χ0) is 16.2. The molecule has 1 aromatic rings. The van der Waals surface area contributed by atoms with Crippen LogP contribution in [-0.4, -0.2) is 33.5 Å². The van der Waals surface area contributed by atoms with Crippen molar-refractivity contribution in [2.75, 3.05) is 11.5 Å². The Bertz CT molecular complexity index is 510. The lowest BCUT2D eigenvalue weighted by Crippen LogP contribution is -2.23. The van der Waals surface area contributed by atoms with Crippen molar-refractivity contribution in [3.8, 4) is 5.75 Å². The number of carbonyl (C=O) groups is 1. The molecule has 0 aliphatic carbocycles. The minimum absolute atomic E-state index is 0.00361. The van der Waals surface area contributed by atoms with Crippen LogP contribution in [0.5, 0.6) is 5.75 Å². The van der Waals surface area contributed by atoms with Gasteiger partial charge in [0.15, 0.2) is 5.12 Å². The molecular weight excluding hydrogens is 311 g/mol. The first kappa shape index (κ1) is 17.6. The average molecular weight is 325 g/mol. The van der Waals surface area contributed by atoms with E-state index in [0.717, 1.165) is 30.0 Å². The van der Waals surface area contributed by atoms with E-state index in [9.17, 15) is 28.2 Å². The monoisotopic (exact) mass is 325 g/mol. The van der Waals surface area contributed by atoms with Crippen LogP contribution in [0.2, 0.25) is 0 Å². The zero-order valence-electron chi connectivity index (χ0n) is 10.9. The predicted octanol–water partition coefficient (Wildman–Crippen LogP) is 1.84. The van der Waals surface area contributed by atoms with Crippen molar-refractivity contribution in [3.63, 3.8) is 0 Å². The minimum atomic E-state index is -4.87. The Balaban J connectivity index is 2.89. The number of anilines is 1. The number of aliphatic hydroxyl groups is 2. The van der Waals surface area contributed by atoms with E-state index in [1.165, 1.54) is 6.92 Å². The van der Waals surface area contributed by atoms with Crippen LogP contribution in [-0.2, 0) is 4.79 Å². The largest absolute Gasteiger partial charge is 0.573 e. The Morgan fingerprint density at radius 2 is 2.05 bits per heavy atom. The Kier molecular flexibility index (Phi) is 5.87. The van der Waals surface area contributed by atoms with Gasteiger partial charge in [-0.3, -0.25) is 4.79 Å². The van der Waals surface area contributed by atoms with Gasteiger partial charge < -0.3 is 20.7 Å². The Hall–Kier alpha value is -1.45. The van der Waals surface area contributed by atoms with E-state index >= 15 is 0 Å². The van der Waals surface area contributed by atoms with E-state index in [2.05, 4.69) is 4.74 Å². The normalized spacial score (nSPS) is 14.6. The second kappa shape index (κ2) is 7.01. The molecule has 0 amide bonds. The maximum absolute atomic E-state index is 12.1. The van der Waals surface area contributed by atoms with Crippen molar-refractivity contribution >= 4 is 22.6 Å². The lowest BCUT2D eigenvalue weighted by atomic mass is 10.0. The Morgan fingerprint density at radius 1 is 1.43 bits per heavy atom. The van der Waals surface area contributed by atoms with E-state index < -0.39 is 24.3 Å². The van der Waals surface area contributed by atoms with Gasteiger partial charge in [-0.15, -0.1) is 13.2 Å². The maximum atomic E-state index is 12.1. The van der Waals surface area contributed by atoms with Gasteiger partial charge in [0, 0.05) is 23.9 Å². The molecule has 0 bridgehead atoms. The molecular formula is C12H14F3NO4S. The molecule has 0 heterocycles. The molecule has 21 heavy (non-hydrogen) atoms. The highest BCUT2D eigenvalue weighted by Crippen LogP contribution is 2.31. The number of rotatable bonds is 5. The Morgan fingerprint density at radius 3 is 2.57 bits per heavy atom. The van der Waals surface area contributed by atoms with Crippen LogP contribution in [0.15, 0.2) is 18.2 Å². The smallest absolute Gasteiger partial charge is 0.406 e. The molecule has 9 heteroatoms. The number of halogens is 3. The SMILES string of the molecule is CC(=O)SCC(O)C(O)c1cc(OC(F)(F)F)ccc1N.